The number of hydrogen-bond donors (Lipinski definition) is 2. The summed E-state index contributed by atoms with van der Waals surface area (Å²) in [7, 11) is 1.86. The smallest absolute Gasteiger partial charge is 0.269 e. The van der Waals surface area contributed by atoms with Gasteiger partial charge in [-0.05, 0) is 6.92 Å². The normalized spacial score (nSPS) is 10.2. The van der Waals surface area contributed by atoms with Gasteiger partial charge in [0.25, 0.3) is 5.56 Å². The van der Waals surface area contributed by atoms with Crippen LogP contribution in [-0.2, 0) is 11.3 Å². The maximum atomic E-state index is 11.7. The molecule has 0 aliphatic carbocycles. The summed E-state index contributed by atoms with van der Waals surface area (Å²) in [4.78, 5) is 25.0. The first kappa shape index (κ1) is 14.2. The summed E-state index contributed by atoms with van der Waals surface area (Å²) >= 11 is 0. The van der Waals surface area contributed by atoms with Gasteiger partial charge in [0.2, 0.25) is 5.91 Å². The van der Waals surface area contributed by atoms with E-state index in [0.717, 1.165) is 16.9 Å². The molecule has 0 unspecified atom stereocenters. The number of aromatic nitrogens is 2. The Morgan fingerprint density at radius 1 is 1.61 bits per heavy atom. The van der Waals surface area contributed by atoms with Crippen molar-refractivity contribution in [2.75, 3.05) is 31.6 Å². The second kappa shape index (κ2) is 6.75. The van der Waals surface area contributed by atoms with Crippen molar-refractivity contribution in [1.29, 1.82) is 0 Å². The lowest BCUT2D eigenvalue weighted by molar-refractivity contribution is -0.122. The van der Waals surface area contributed by atoms with Crippen molar-refractivity contribution in [3.8, 4) is 0 Å². The zero-order valence-electron chi connectivity index (χ0n) is 10.6. The minimum absolute atomic E-state index is 0.131. The second-order valence-corrected chi connectivity index (χ2v) is 3.80. The first-order valence-electron chi connectivity index (χ1n) is 5.74. The first-order chi connectivity index (χ1) is 8.58. The van der Waals surface area contributed by atoms with Crippen molar-refractivity contribution in [1.82, 2.24) is 15.1 Å². The van der Waals surface area contributed by atoms with E-state index in [1.807, 2.05) is 18.9 Å². The van der Waals surface area contributed by atoms with Crippen molar-refractivity contribution in [3.63, 3.8) is 0 Å². The predicted molar refractivity (Wildman–Crippen MR) is 67.5 cm³/mol. The highest BCUT2D eigenvalue weighted by molar-refractivity contribution is 5.75. The highest BCUT2D eigenvalue weighted by atomic mass is 16.3. The van der Waals surface area contributed by atoms with Crippen molar-refractivity contribution >= 4 is 11.6 Å². The minimum atomic E-state index is -0.352. The molecule has 1 rings (SSSR count). The molecule has 0 saturated carbocycles. The molecule has 0 spiro atoms. The Hall–Kier alpha value is -1.89. The maximum absolute atomic E-state index is 11.7. The Morgan fingerprint density at radius 2 is 2.33 bits per heavy atom. The van der Waals surface area contributed by atoms with Crippen molar-refractivity contribution in [2.45, 2.75) is 13.5 Å². The average molecular weight is 254 g/mol. The van der Waals surface area contributed by atoms with Crippen LogP contribution in [0.15, 0.2) is 17.1 Å². The van der Waals surface area contributed by atoms with E-state index in [-0.39, 0.29) is 31.2 Å². The zero-order valence-corrected chi connectivity index (χ0v) is 10.6. The average Bonchev–Trinajstić information content (AvgIpc) is 2.37. The van der Waals surface area contributed by atoms with Gasteiger partial charge >= 0.3 is 0 Å². The number of anilines is 1. The number of amides is 1. The van der Waals surface area contributed by atoms with Crippen LogP contribution in [0.4, 0.5) is 5.69 Å². The Balaban J connectivity index is 2.74. The van der Waals surface area contributed by atoms with Gasteiger partial charge in [-0.25, -0.2) is 4.68 Å². The van der Waals surface area contributed by atoms with Crippen molar-refractivity contribution in [2.24, 2.45) is 0 Å². The lowest BCUT2D eigenvalue weighted by atomic mass is 10.4. The lowest BCUT2D eigenvalue weighted by Gasteiger charge is -2.16. The number of hydrogen-bond acceptors (Lipinski definition) is 5. The molecule has 1 amide bonds. The van der Waals surface area contributed by atoms with Crippen LogP contribution in [0, 0.1) is 0 Å². The summed E-state index contributed by atoms with van der Waals surface area (Å²) in [5, 5.41) is 14.9. The quantitative estimate of drug-likeness (QED) is 0.666. The summed E-state index contributed by atoms with van der Waals surface area (Å²) in [6.07, 6.45) is 1.55. The van der Waals surface area contributed by atoms with Crippen LogP contribution in [0.2, 0.25) is 0 Å². The number of rotatable bonds is 6. The summed E-state index contributed by atoms with van der Waals surface area (Å²) in [6, 6.07) is 1.44. The minimum Gasteiger partial charge on any atom is -0.395 e. The van der Waals surface area contributed by atoms with E-state index in [1.54, 1.807) is 6.20 Å². The van der Waals surface area contributed by atoms with Gasteiger partial charge < -0.3 is 15.3 Å². The topological polar surface area (TPSA) is 87.5 Å². The predicted octanol–water partition coefficient (Wildman–Crippen LogP) is -1.19. The van der Waals surface area contributed by atoms with Crippen LogP contribution >= 0.6 is 0 Å². The largest absolute Gasteiger partial charge is 0.395 e. The molecule has 1 heterocycles. The monoisotopic (exact) mass is 254 g/mol. The van der Waals surface area contributed by atoms with E-state index in [0.29, 0.717) is 0 Å². The van der Waals surface area contributed by atoms with Gasteiger partial charge in [-0.1, -0.05) is 0 Å². The molecule has 0 saturated heterocycles. The molecule has 1 aromatic rings. The van der Waals surface area contributed by atoms with Crippen LogP contribution in [0.25, 0.3) is 0 Å². The molecular formula is C11H18N4O3. The molecule has 0 aromatic carbocycles. The molecule has 0 aliphatic rings. The Morgan fingerprint density at radius 3 is 2.89 bits per heavy atom. The molecule has 7 heteroatoms. The molecule has 0 aliphatic heterocycles. The third-order valence-electron chi connectivity index (χ3n) is 2.50. The molecule has 0 bridgehead atoms. The van der Waals surface area contributed by atoms with Crippen molar-refractivity contribution in [3.05, 3.63) is 22.6 Å². The fourth-order valence-electron chi connectivity index (χ4n) is 1.32. The Bertz CT molecular complexity index is 458. The van der Waals surface area contributed by atoms with E-state index in [1.165, 1.54) is 6.07 Å². The van der Waals surface area contributed by atoms with E-state index in [2.05, 4.69) is 10.4 Å². The third kappa shape index (κ3) is 3.85. The maximum Gasteiger partial charge on any atom is 0.269 e. The lowest BCUT2D eigenvalue weighted by Crippen LogP contribution is -2.35. The van der Waals surface area contributed by atoms with Crippen LogP contribution in [0.3, 0.4) is 0 Å². The fourth-order valence-corrected chi connectivity index (χ4v) is 1.32. The highest BCUT2D eigenvalue weighted by Gasteiger charge is 2.07. The molecule has 0 radical (unpaired) electrons. The molecule has 0 atom stereocenters. The first-order valence-corrected chi connectivity index (χ1v) is 5.74. The van der Waals surface area contributed by atoms with Crippen LogP contribution in [-0.4, -0.2) is 47.5 Å². The molecular weight excluding hydrogens is 236 g/mol. The number of nitrogens with zero attached hydrogens (tertiary/aromatic N) is 3. The zero-order chi connectivity index (χ0) is 13.5. The molecule has 100 valence electrons. The Labute approximate surface area is 105 Å². The number of carbonyl (C=O) groups excluding carboxylic acids is 1. The van der Waals surface area contributed by atoms with Gasteiger partial charge in [-0.2, -0.15) is 5.10 Å². The summed E-state index contributed by atoms with van der Waals surface area (Å²) in [5.41, 5.74) is 0.390. The van der Waals surface area contributed by atoms with Gasteiger partial charge in [0.1, 0.15) is 6.54 Å². The molecule has 0 fully saturated rings. The van der Waals surface area contributed by atoms with Gasteiger partial charge in [-0.3, -0.25) is 9.59 Å². The van der Waals surface area contributed by atoms with Gasteiger partial charge in [0.15, 0.2) is 0 Å². The van der Waals surface area contributed by atoms with Crippen molar-refractivity contribution < 1.29 is 9.90 Å². The number of aliphatic hydroxyl groups excluding tert-OH is 1. The third-order valence-corrected chi connectivity index (χ3v) is 2.50. The molecule has 18 heavy (non-hydrogen) atoms. The van der Waals surface area contributed by atoms with Gasteiger partial charge in [0, 0.05) is 26.2 Å². The summed E-state index contributed by atoms with van der Waals surface area (Å²) in [6.45, 7) is 2.63. The molecule has 7 nitrogen and oxygen atoms in total. The Kier molecular flexibility index (Phi) is 5.31. The van der Waals surface area contributed by atoms with Crippen LogP contribution in [0.5, 0.6) is 0 Å². The second-order valence-electron chi connectivity index (χ2n) is 3.80. The number of carbonyl (C=O) groups is 1. The summed E-state index contributed by atoms with van der Waals surface area (Å²) < 4.78 is 1.08. The van der Waals surface area contributed by atoms with Crippen LogP contribution < -0.4 is 15.8 Å². The SMILES string of the molecule is CCN(C)c1cnn(CC(=O)NCCO)c(=O)c1. The number of nitrogens with one attached hydrogen (secondary N) is 1. The van der Waals surface area contributed by atoms with Gasteiger partial charge in [0.05, 0.1) is 18.5 Å². The van der Waals surface area contributed by atoms with E-state index >= 15 is 0 Å². The molecule has 2 N–H and O–H groups in total. The number of aliphatic hydroxyl groups is 1. The summed E-state index contributed by atoms with van der Waals surface area (Å²) in [5.74, 6) is -0.352. The van der Waals surface area contributed by atoms with E-state index < -0.39 is 0 Å². The van der Waals surface area contributed by atoms with Crippen LogP contribution in [0.1, 0.15) is 6.92 Å². The van der Waals surface area contributed by atoms with E-state index in [9.17, 15) is 9.59 Å². The van der Waals surface area contributed by atoms with E-state index in [4.69, 9.17) is 5.11 Å². The standard InChI is InChI=1S/C11H18N4O3/c1-3-14(2)9-6-11(18)15(13-7-9)8-10(17)12-4-5-16/h6-7,16H,3-5,8H2,1-2H3,(H,12,17). The van der Waals surface area contributed by atoms with Gasteiger partial charge in [-0.15, -0.1) is 0 Å². The fraction of sp³-hybridized carbons (Fsp3) is 0.545. The molecule has 1 aromatic heterocycles. The highest BCUT2D eigenvalue weighted by Crippen LogP contribution is 2.05.